The number of ether oxygens (including phenoxy) is 1. The zero-order chi connectivity index (χ0) is 16.4. The number of hydrogen-bond donors (Lipinski definition) is 0. The van der Waals surface area contributed by atoms with Gasteiger partial charge in [0.2, 0.25) is 0 Å². The lowest BCUT2D eigenvalue weighted by molar-refractivity contribution is 0.0987. The highest BCUT2D eigenvalue weighted by atomic mass is 79.9. The molecule has 0 spiro atoms. The van der Waals surface area contributed by atoms with Crippen molar-refractivity contribution in [3.8, 4) is 5.75 Å². The number of thiazole rings is 1. The molecule has 1 amide bonds. The van der Waals surface area contributed by atoms with Gasteiger partial charge < -0.3 is 4.74 Å². The largest absolute Gasteiger partial charge is 0.497 e. The van der Waals surface area contributed by atoms with E-state index in [4.69, 9.17) is 4.74 Å². The second-order valence-electron chi connectivity index (χ2n) is 4.86. The quantitative estimate of drug-likeness (QED) is 0.646. The maximum absolute atomic E-state index is 12.9. The summed E-state index contributed by atoms with van der Waals surface area (Å²) in [4.78, 5) is 19.2. The molecule has 6 heteroatoms. The van der Waals surface area contributed by atoms with E-state index in [1.165, 1.54) is 11.3 Å². The molecule has 0 aliphatic rings. The van der Waals surface area contributed by atoms with Crippen LogP contribution in [0.2, 0.25) is 0 Å². The third-order valence-corrected chi connectivity index (χ3v) is 5.23. The van der Waals surface area contributed by atoms with Crippen LogP contribution in [0.1, 0.15) is 17.3 Å². The molecule has 3 rings (SSSR count). The van der Waals surface area contributed by atoms with Gasteiger partial charge in [-0.25, -0.2) is 4.98 Å². The summed E-state index contributed by atoms with van der Waals surface area (Å²) in [6, 6.07) is 13.3. The van der Waals surface area contributed by atoms with Crippen molar-refractivity contribution in [1.82, 2.24) is 4.98 Å². The molecule has 0 unspecified atom stereocenters. The van der Waals surface area contributed by atoms with Crippen molar-refractivity contribution in [3.05, 3.63) is 52.5 Å². The number of nitrogens with zero attached hydrogens (tertiary/aromatic N) is 2. The molecule has 0 atom stereocenters. The molecule has 0 bridgehead atoms. The van der Waals surface area contributed by atoms with Crippen LogP contribution in [0.3, 0.4) is 0 Å². The third-order valence-electron chi connectivity index (χ3n) is 3.48. The lowest BCUT2D eigenvalue weighted by atomic mass is 10.2. The van der Waals surface area contributed by atoms with E-state index in [0.717, 1.165) is 14.7 Å². The Balaban J connectivity index is 2.01. The molecule has 0 saturated heterocycles. The van der Waals surface area contributed by atoms with E-state index in [1.54, 1.807) is 18.1 Å². The monoisotopic (exact) mass is 390 g/mol. The topological polar surface area (TPSA) is 42.4 Å². The maximum Gasteiger partial charge on any atom is 0.261 e. The minimum atomic E-state index is -0.0997. The lowest BCUT2D eigenvalue weighted by Crippen LogP contribution is -2.30. The van der Waals surface area contributed by atoms with E-state index >= 15 is 0 Å². The fourth-order valence-corrected chi connectivity index (χ4v) is 3.73. The second-order valence-corrected chi connectivity index (χ2v) is 6.72. The summed E-state index contributed by atoms with van der Waals surface area (Å²) in [6.45, 7) is 2.49. The first-order chi connectivity index (χ1) is 11.1. The van der Waals surface area contributed by atoms with Gasteiger partial charge in [-0.2, -0.15) is 0 Å². The predicted octanol–water partition coefficient (Wildman–Crippen LogP) is 4.73. The van der Waals surface area contributed by atoms with E-state index in [1.807, 2.05) is 43.3 Å². The highest BCUT2D eigenvalue weighted by Gasteiger charge is 2.22. The first-order valence-electron chi connectivity index (χ1n) is 7.15. The smallest absolute Gasteiger partial charge is 0.261 e. The van der Waals surface area contributed by atoms with Crippen LogP contribution in [0.15, 0.2) is 46.9 Å². The summed E-state index contributed by atoms with van der Waals surface area (Å²) in [5, 5.41) is 0.702. The number of benzene rings is 2. The molecule has 2 aromatic carbocycles. The first-order valence-corrected chi connectivity index (χ1v) is 8.76. The van der Waals surface area contributed by atoms with Crippen molar-refractivity contribution < 1.29 is 9.53 Å². The van der Waals surface area contributed by atoms with Crippen LogP contribution < -0.4 is 9.64 Å². The average molecular weight is 391 g/mol. The molecule has 3 aromatic rings. The maximum atomic E-state index is 12.9. The minimum Gasteiger partial charge on any atom is -0.497 e. The molecule has 0 fully saturated rings. The molecule has 0 N–H and O–H groups in total. The normalized spacial score (nSPS) is 10.7. The van der Waals surface area contributed by atoms with Gasteiger partial charge in [0.05, 0.1) is 22.9 Å². The third kappa shape index (κ3) is 3.09. The number of carbonyl (C=O) groups excluding carboxylic acids is 1. The molecular formula is C17H15BrN2O2S. The summed E-state index contributed by atoms with van der Waals surface area (Å²) >= 11 is 4.96. The average Bonchev–Trinajstić information content (AvgIpc) is 2.99. The van der Waals surface area contributed by atoms with Crippen LogP contribution in [0.5, 0.6) is 5.75 Å². The number of amides is 1. The van der Waals surface area contributed by atoms with Gasteiger partial charge in [-0.05, 0) is 53.2 Å². The second kappa shape index (κ2) is 6.68. The first kappa shape index (κ1) is 16.0. The number of methoxy groups -OCH3 is 1. The number of rotatable bonds is 4. The van der Waals surface area contributed by atoms with E-state index < -0.39 is 0 Å². The van der Waals surface area contributed by atoms with Crippen LogP contribution in [0.25, 0.3) is 10.2 Å². The van der Waals surface area contributed by atoms with Crippen molar-refractivity contribution in [2.24, 2.45) is 0 Å². The van der Waals surface area contributed by atoms with E-state index in [9.17, 15) is 4.79 Å². The van der Waals surface area contributed by atoms with Crippen LogP contribution in [0.4, 0.5) is 5.13 Å². The van der Waals surface area contributed by atoms with Gasteiger partial charge in [0, 0.05) is 11.0 Å². The fraction of sp³-hybridized carbons (Fsp3) is 0.176. The summed E-state index contributed by atoms with van der Waals surface area (Å²) in [6.07, 6.45) is 0. The van der Waals surface area contributed by atoms with Gasteiger partial charge in [0.1, 0.15) is 5.75 Å². The van der Waals surface area contributed by atoms with Gasteiger partial charge >= 0.3 is 0 Å². The van der Waals surface area contributed by atoms with Gasteiger partial charge in [-0.15, -0.1) is 0 Å². The summed E-state index contributed by atoms with van der Waals surface area (Å²) in [7, 11) is 1.59. The Labute approximate surface area is 146 Å². The SMILES string of the molecule is CCN(C(=O)c1cc(OC)ccc1Br)c1nc2ccccc2s1. The molecule has 0 aliphatic carbocycles. The molecule has 23 heavy (non-hydrogen) atoms. The van der Waals surface area contributed by atoms with Crippen LogP contribution in [-0.2, 0) is 0 Å². The van der Waals surface area contributed by atoms with Crippen molar-refractivity contribution in [2.45, 2.75) is 6.92 Å². The number of para-hydroxylation sites is 1. The Morgan fingerprint density at radius 1 is 1.30 bits per heavy atom. The van der Waals surface area contributed by atoms with Gasteiger partial charge in [-0.1, -0.05) is 23.5 Å². The Hall–Kier alpha value is -1.92. The van der Waals surface area contributed by atoms with E-state index in [2.05, 4.69) is 20.9 Å². The fourth-order valence-electron chi connectivity index (χ4n) is 2.28. The number of halogens is 1. The van der Waals surface area contributed by atoms with Crippen molar-refractivity contribution in [2.75, 3.05) is 18.6 Å². The van der Waals surface area contributed by atoms with Crippen LogP contribution in [-0.4, -0.2) is 24.5 Å². The van der Waals surface area contributed by atoms with Gasteiger partial charge in [-0.3, -0.25) is 9.69 Å². The molecular weight excluding hydrogens is 376 g/mol. The molecule has 0 radical (unpaired) electrons. The molecule has 0 aliphatic heterocycles. The number of anilines is 1. The van der Waals surface area contributed by atoms with Gasteiger partial charge in [0.25, 0.3) is 5.91 Å². The molecule has 118 valence electrons. The zero-order valence-corrected chi connectivity index (χ0v) is 15.1. The number of aromatic nitrogens is 1. The Bertz CT molecular complexity index is 830. The number of fused-ring (bicyclic) bond motifs is 1. The van der Waals surface area contributed by atoms with E-state index in [0.29, 0.717) is 23.0 Å². The molecule has 1 aromatic heterocycles. The number of carbonyl (C=O) groups is 1. The van der Waals surface area contributed by atoms with Crippen LogP contribution >= 0.6 is 27.3 Å². The number of hydrogen-bond acceptors (Lipinski definition) is 4. The molecule has 0 saturated carbocycles. The van der Waals surface area contributed by atoms with Crippen LogP contribution in [0, 0.1) is 0 Å². The standard InChI is InChI=1S/C17H15BrN2O2S/c1-3-20(17-19-14-6-4-5-7-15(14)23-17)16(21)12-10-11(22-2)8-9-13(12)18/h4-10H,3H2,1-2H3. The summed E-state index contributed by atoms with van der Waals surface area (Å²) in [5.74, 6) is 0.550. The lowest BCUT2D eigenvalue weighted by Gasteiger charge is -2.18. The van der Waals surface area contributed by atoms with Crippen molar-refractivity contribution >= 4 is 48.5 Å². The Morgan fingerprint density at radius 2 is 2.09 bits per heavy atom. The Morgan fingerprint density at radius 3 is 2.78 bits per heavy atom. The van der Waals surface area contributed by atoms with Crippen molar-refractivity contribution in [1.29, 1.82) is 0 Å². The highest BCUT2D eigenvalue weighted by molar-refractivity contribution is 9.10. The zero-order valence-electron chi connectivity index (χ0n) is 12.7. The van der Waals surface area contributed by atoms with E-state index in [-0.39, 0.29) is 5.91 Å². The summed E-state index contributed by atoms with van der Waals surface area (Å²) in [5.41, 5.74) is 1.47. The predicted molar refractivity (Wildman–Crippen MR) is 97.7 cm³/mol. The van der Waals surface area contributed by atoms with Crippen molar-refractivity contribution in [3.63, 3.8) is 0 Å². The van der Waals surface area contributed by atoms with Gasteiger partial charge in [0.15, 0.2) is 5.13 Å². The molecule has 1 heterocycles. The Kier molecular flexibility index (Phi) is 4.63. The minimum absolute atomic E-state index is 0.0997. The summed E-state index contributed by atoms with van der Waals surface area (Å²) < 4.78 is 7.03. The highest BCUT2D eigenvalue weighted by Crippen LogP contribution is 2.31. The molecule has 4 nitrogen and oxygen atoms in total.